The summed E-state index contributed by atoms with van der Waals surface area (Å²) in [6.45, 7) is 2.81. The van der Waals surface area contributed by atoms with Crippen LogP contribution in [-0.4, -0.2) is 39.6 Å². The van der Waals surface area contributed by atoms with Crippen LogP contribution in [0.2, 0.25) is 0 Å². The summed E-state index contributed by atoms with van der Waals surface area (Å²) in [4.78, 5) is 14.4. The highest BCUT2D eigenvalue weighted by Gasteiger charge is 2.28. The fourth-order valence-electron chi connectivity index (χ4n) is 2.53. The van der Waals surface area contributed by atoms with Crippen molar-refractivity contribution in [3.05, 3.63) is 24.0 Å². The zero-order valence-corrected chi connectivity index (χ0v) is 10.7. The van der Waals surface area contributed by atoms with Crippen LogP contribution in [0.4, 0.5) is 0 Å². The fourth-order valence-corrected chi connectivity index (χ4v) is 2.53. The molecule has 0 spiro atoms. The molecular weight excluding hydrogens is 228 g/mol. The summed E-state index contributed by atoms with van der Waals surface area (Å²) in [5.41, 5.74) is 6.48. The summed E-state index contributed by atoms with van der Waals surface area (Å²) in [5.74, 6) is 0.0512. The number of piperidine rings is 1. The van der Waals surface area contributed by atoms with Crippen LogP contribution in [0.3, 0.4) is 0 Å². The molecule has 1 aliphatic heterocycles. The lowest BCUT2D eigenvalue weighted by Gasteiger charge is -2.36. The van der Waals surface area contributed by atoms with Gasteiger partial charge in [0.25, 0.3) is 5.91 Å². The maximum Gasteiger partial charge on any atom is 0.255 e. The lowest BCUT2D eigenvalue weighted by molar-refractivity contribution is 0.0594. The Morgan fingerprint density at radius 1 is 1.56 bits per heavy atom. The highest BCUT2D eigenvalue weighted by Crippen LogP contribution is 2.22. The number of nitrogens with two attached hydrogens (primary N) is 1. The van der Waals surface area contributed by atoms with Crippen molar-refractivity contribution < 1.29 is 4.79 Å². The Morgan fingerprint density at radius 3 is 3.06 bits per heavy atom. The third-order valence-corrected chi connectivity index (χ3v) is 3.36. The Kier molecular flexibility index (Phi) is 4.25. The van der Waals surface area contributed by atoms with Crippen LogP contribution >= 0.6 is 0 Å². The summed E-state index contributed by atoms with van der Waals surface area (Å²) in [6.07, 6.45) is 7.24. The van der Waals surface area contributed by atoms with Crippen molar-refractivity contribution in [2.45, 2.75) is 44.7 Å². The molecule has 2 N–H and O–H groups in total. The zero-order valence-electron chi connectivity index (χ0n) is 10.7. The minimum Gasteiger partial charge on any atom is -0.336 e. The van der Waals surface area contributed by atoms with Gasteiger partial charge in [0, 0.05) is 18.6 Å². The molecule has 1 fully saturated rings. The Hall–Kier alpha value is -1.49. The number of amides is 1. The number of rotatable bonds is 3. The van der Waals surface area contributed by atoms with Crippen molar-refractivity contribution in [3.8, 4) is 0 Å². The van der Waals surface area contributed by atoms with Crippen LogP contribution in [-0.2, 0) is 0 Å². The van der Waals surface area contributed by atoms with Gasteiger partial charge in [0.15, 0.2) is 0 Å². The van der Waals surface area contributed by atoms with Crippen molar-refractivity contribution in [1.82, 2.24) is 15.1 Å². The molecule has 1 aromatic heterocycles. The Balaban J connectivity index is 2.11. The molecule has 2 atom stereocenters. The number of aromatic nitrogens is 2. The van der Waals surface area contributed by atoms with Gasteiger partial charge in [0.2, 0.25) is 0 Å². The van der Waals surface area contributed by atoms with Crippen LogP contribution in [0.1, 0.15) is 43.0 Å². The molecule has 5 nitrogen and oxygen atoms in total. The number of nitrogens with zero attached hydrogens (tertiary/aromatic N) is 3. The smallest absolute Gasteiger partial charge is 0.255 e. The first-order valence-corrected chi connectivity index (χ1v) is 6.51. The molecule has 18 heavy (non-hydrogen) atoms. The van der Waals surface area contributed by atoms with Gasteiger partial charge >= 0.3 is 0 Å². The highest BCUT2D eigenvalue weighted by atomic mass is 16.2. The molecule has 2 heterocycles. The van der Waals surface area contributed by atoms with Crippen molar-refractivity contribution in [3.63, 3.8) is 0 Å². The monoisotopic (exact) mass is 248 g/mol. The van der Waals surface area contributed by atoms with Gasteiger partial charge in [-0.2, -0.15) is 10.2 Å². The molecule has 1 saturated heterocycles. The second-order valence-corrected chi connectivity index (χ2v) is 4.99. The summed E-state index contributed by atoms with van der Waals surface area (Å²) in [5, 5.41) is 7.46. The molecule has 2 unspecified atom stereocenters. The highest BCUT2D eigenvalue weighted by molar-refractivity contribution is 5.94. The van der Waals surface area contributed by atoms with Gasteiger partial charge in [-0.05, 0) is 38.7 Å². The lowest BCUT2D eigenvalue weighted by Crippen LogP contribution is -2.45. The molecule has 5 heteroatoms. The molecule has 1 aromatic rings. The van der Waals surface area contributed by atoms with Gasteiger partial charge in [-0.1, -0.05) is 0 Å². The van der Waals surface area contributed by atoms with Crippen LogP contribution in [0, 0.1) is 0 Å². The second-order valence-electron chi connectivity index (χ2n) is 4.99. The van der Waals surface area contributed by atoms with E-state index in [9.17, 15) is 4.79 Å². The van der Waals surface area contributed by atoms with E-state index in [1.165, 1.54) is 12.6 Å². The largest absolute Gasteiger partial charge is 0.336 e. The van der Waals surface area contributed by atoms with E-state index in [0.29, 0.717) is 5.56 Å². The summed E-state index contributed by atoms with van der Waals surface area (Å²) >= 11 is 0. The van der Waals surface area contributed by atoms with Gasteiger partial charge in [-0.3, -0.25) is 4.79 Å². The topological polar surface area (TPSA) is 72.1 Å². The average molecular weight is 248 g/mol. The summed E-state index contributed by atoms with van der Waals surface area (Å²) < 4.78 is 0. The third kappa shape index (κ3) is 3.04. The van der Waals surface area contributed by atoms with Gasteiger partial charge in [0.05, 0.1) is 18.0 Å². The fraction of sp³-hybridized carbons (Fsp3) is 0.615. The maximum atomic E-state index is 12.4. The van der Waals surface area contributed by atoms with Crippen LogP contribution in [0.15, 0.2) is 18.5 Å². The number of hydrogen-bond acceptors (Lipinski definition) is 4. The van der Waals surface area contributed by atoms with Crippen molar-refractivity contribution in [2.75, 3.05) is 6.54 Å². The first-order valence-electron chi connectivity index (χ1n) is 6.51. The summed E-state index contributed by atoms with van der Waals surface area (Å²) in [7, 11) is 0. The van der Waals surface area contributed by atoms with Gasteiger partial charge in [0.1, 0.15) is 0 Å². The molecule has 0 aliphatic carbocycles. The van der Waals surface area contributed by atoms with Crippen molar-refractivity contribution >= 4 is 5.91 Å². The molecule has 1 aliphatic rings. The predicted molar refractivity (Wildman–Crippen MR) is 69.0 cm³/mol. The van der Waals surface area contributed by atoms with E-state index in [4.69, 9.17) is 5.73 Å². The van der Waals surface area contributed by atoms with E-state index in [1.54, 1.807) is 12.3 Å². The van der Waals surface area contributed by atoms with E-state index in [0.717, 1.165) is 25.8 Å². The lowest BCUT2D eigenvalue weighted by atomic mass is 9.96. The van der Waals surface area contributed by atoms with Crippen LogP contribution in [0.5, 0.6) is 0 Å². The van der Waals surface area contributed by atoms with E-state index in [2.05, 4.69) is 10.2 Å². The minimum atomic E-state index is 0.0512. The number of hydrogen-bond donors (Lipinski definition) is 1. The summed E-state index contributed by atoms with van der Waals surface area (Å²) in [6, 6.07) is 2.10. The normalized spacial score (nSPS) is 21.7. The molecule has 0 radical (unpaired) electrons. The first-order chi connectivity index (χ1) is 8.68. The quantitative estimate of drug-likeness (QED) is 0.872. The van der Waals surface area contributed by atoms with Crippen molar-refractivity contribution in [2.24, 2.45) is 5.73 Å². The van der Waals surface area contributed by atoms with E-state index in [1.807, 2.05) is 11.8 Å². The van der Waals surface area contributed by atoms with Crippen LogP contribution < -0.4 is 5.73 Å². The Labute approximate surface area is 107 Å². The number of likely N-dealkylation sites (tertiary alicyclic amines) is 1. The SMILES string of the molecule is CC(N)CC1CCCCN1C(=O)c1ccnnc1. The molecule has 0 saturated carbocycles. The predicted octanol–water partition coefficient (Wildman–Crippen LogP) is 1.21. The maximum absolute atomic E-state index is 12.4. The van der Waals surface area contributed by atoms with Gasteiger partial charge < -0.3 is 10.6 Å². The van der Waals surface area contributed by atoms with Gasteiger partial charge in [-0.15, -0.1) is 0 Å². The number of carbonyl (C=O) groups excluding carboxylic acids is 1. The third-order valence-electron chi connectivity index (χ3n) is 3.36. The minimum absolute atomic E-state index is 0.0512. The number of carbonyl (C=O) groups is 1. The zero-order chi connectivity index (χ0) is 13.0. The van der Waals surface area contributed by atoms with E-state index in [-0.39, 0.29) is 18.0 Å². The van der Waals surface area contributed by atoms with E-state index < -0.39 is 0 Å². The molecule has 1 amide bonds. The first kappa shape index (κ1) is 13.0. The van der Waals surface area contributed by atoms with Crippen molar-refractivity contribution in [1.29, 1.82) is 0 Å². The van der Waals surface area contributed by atoms with Gasteiger partial charge in [-0.25, -0.2) is 0 Å². The Bertz CT molecular complexity index is 393. The Morgan fingerprint density at radius 2 is 2.39 bits per heavy atom. The molecule has 98 valence electrons. The average Bonchev–Trinajstić information content (AvgIpc) is 2.39. The van der Waals surface area contributed by atoms with Crippen LogP contribution in [0.25, 0.3) is 0 Å². The second kappa shape index (κ2) is 5.91. The molecule has 2 rings (SSSR count). The standard InChI is InChI=1S/C13H20N4O/c1-10(14)8-12-4-2-3-7-17(12)13(18)11-5-6-15-16-9-11/h5-6,9-10,12H,2-4,7-8,14H2,1H3. The molecule has 0 aromatic carbocycles. The molecular formula is C13H20N4O. The van der Waals surface area contributed by atoms with E-state index >= 15 is 0 Å². The molecule has 0 bridgehead atoms.